The second kappa shape index (κ2) is 9.34. The molecule has 0 aromatic heterocycles. The fourth-order valence-corrected chi connectivity index (χ4v) is 1.87. The number of ether oxygens (including phenoxy) is 1. The van der Waals surface area contributed by atoms with Crippen LogP contribution in [0.3, 0.4) is 0 Å². The minimum Gasteiger partial charge on any atom is -0.468 e. The molecule has 0 unspecified atom stereocenters. The summed E-state index contributed by atoms with van der Waals surface area (Å²) >= 11 is 0. The van der Waals surface area contributed by atoms with Gasteiger partial charge in [0.2, 0.25) is 0 Å². The second-order valence-corrected chi connectivity index (χ2v) is 5.68. The van der Waals surface area contributed by atoms with Crippen molar-refractivity contribution in [3.63, 3.8) is 0 Å². The first-order valence-corrected chi connectivity index (χ1v) is 6.94. The van der Waals surface area contributed by atoms with Crippen LogP contribution in [0.15, 0.2) is 0 Å². The summed E-state index contributed by atoms with van der Waals surface area (Å²) in [5, 5.41) is 0. The number of nitrogens with zero attached hydrogens (tertiary/aromatic N) is 1. The molecule has 0 bridgehead atoms. The maximum Gasteiger partial charge on any atom is 0.319 e. The number of esters is 1. The van der Waals surface area contributed by atoms with Crippen molar-refractivity contribution < 1.29 is 9.53 Å². The van der Waals surface area contributed by atoms with E-state index in [1.807, 2.05) is 0 Å². The van der Waals surface area contributed by atoms with E-state index in [0.29, 0.717) is 6.54 Å². The van der Waals surface area contributed by atoms with Crippen LogP contribution in [-0.4, -0.2) is 44.2 Å². The fourth-order valence-electron chi connectivity index (χ4n) is 1.87. The van der Waals surface area contributed by atoms with E-state index in [4.69, 9.17) is 10.5 Å². The monoisotopic (exact) mass is 258 g/mol. The van der Waals surface area contributed by atoms with E-state index >= 15 is 0 Å². The number of hydrogen-bond donors (Lipinski definition) is 1. The Hall–Kier alpha value is -0.610. The Kier molecular flexibility index (Phi) is 9.02. The van der Waals surface area contributed by atoms with Crippen molar-refractivity contribution in [3.05, 3.63) is 0 Å². The van der Waals surface area contributed by atoms with Gasteiger partial charge in [0.05, 0.1) is 13.7 Å². The topological polar surface area (TPSA) is 55.6 Å². The van der Waals surface area contributed by atoms with Gasteiger partial charge in [0.1, 0.15) is 0 Å². The summed E-state index contributed by atoms with van der Waals surface area (Å²) in [6.07, 6.45) is 4.47. The summed E-state index contributed by atoms with van der Waals surface area (Å²) in [6.45, 7) is 9.58. The van der Waals surface area contributed by atoms with Crippen molar-refractivity contribution in [3.8, 4) is 0 Å². The molecular weight excluding hydrogens is 228 g/mol. The average Bonchev–Trinajstić information content (AvgIpc) is 2.34. The molecule has 0 rings (SSSR count). The molecule has 4 heteroatoms. The Balaban J connectivity index is 3.86. The van der Waals surface area contributed by atoms with Gasteiger partial charge in [-0.15, -0.1) is 0 Å². The molecule has 0 aromatic rings. The highest BCUT2D eigenvalue weighted by atomic mass is 16.5. The van der Waals surface area contributed by atoms with Crippen LogP contribution in [0.5, 0.6) is 0 Å². The van der Waals surface area contributed by atoms with Gasteiger partial charge < -0.3 is 10.5 Å². The van der Waals surface area contributed by atoms with Crippen LogP contribution in [0, 0.1) is 5.41 Å². The van der Waals surface area contributed by atoms with E-state index in [-0.39, 0.29) is 11.4 Å². The largest absolute Gasteiger partial charge is 0.468 e. The number of carbonyl (C=O) groups is 1. The Morgan fingerprint density at radius 1 is 1.28 bits per heavy atom. The van der Waals surface area contributed by atoms with E-state index < -0.39 is 0 Å². The van der Waals surface area contributed by atoms with Crippen LogP contribution in [0.4, 0.5) is 0 Å². The number of unbranched alkanes of at least 4 members (excludes halogenated alkanes) is 1. The highest BCUT2D eigenvalue weighted by Crippen LogP contribution is 2.21. The fraction of sp³-hybridized carbons (Fsp3) is 0.929. The third kappa shape index (κ3) is 8.48. The van der Waals surface area contributed by atoms with E-state index in [0.717, 1.165) is 45.3 Å². The van der Waals surface area contributed by atoms with Crippen molar-refractivity contribution in [1.29, 1.82) is 0 Å². The Morgan fingerprint density at radius 2 is 1.94 bits per heavy atom. The molecule has 0 saturated carbocycles. The van der Waals surface area contributed by atoms with Gasteiger partial charge in [0, 0.05) is 0 Å². The number of carbonyl (C=O) groups excluding carboxylic acids is 1. The molecule has 0 aromatic carbocycles. The number of methoxy groups -OCH3 is 1. The zero-order valence-electron chi connectivity index (χ0n) is 12.5. The minimum absolute atomic E-state index is 0.147. The first-order chi connectivity index (χ1) is 8.45. The van der Waals surface area contributed by atoms with Gasteiger partial charge in [-0.25, -0.2) is 0 Å². The van der Waals surface area contributed by atoms with Crippen LogP contribution in [-0.2, 0) is 9.53 Å². The quantitative estimate of drug-likeness (QED) is 0.481. The average molecular weight is 258 g/mol. The molecule has 18 heavy (non-hydrogen) atoms. The summed E-state index contributed by atoms with van der Waals surface area (Å²) in [5.74, 6) is -0.147. The van der Waals surface area contributed by atoms with Crippen LogP contribution in [0.1, 0.15) is 46.5 Å². The van der Waals surface area contributed by atoms with E-state index in [9.17, 15) is 4.79 Å². The standard InChI is InChI=1S/C14H30N2O2/c1-5-9-16(11-13(17)18-4)10-7-6-8-14(2,3)12-15/h5-12,15H2,1-4H3. The van der Waals surface area contributed by atoms with Gasteiger partial charge >= 0.3 is 5.97 Å². The molecule has 0 fully saturated rings. The molecule has 2 N–H and O–H groups in total. The summed E-state index contributed by atoms with van der Waals surface area (Å²) in [5.41, 5.74) is 5.94. The smallest absolute Gasteiger partial charge is 0.319 e. The predicted molar refractivity (Wildman–Crippen MR) is 75.4 cm³/mol. The summed E-state index contributed by atoms with van der Waals surface area (Å²) in [6, 6.07) is 0. The van der Waals surface area contributed by atoms with Gasteiger partial charge in [-0.2, -0.15) is 0 Å². The lowest BCUT2D eigenvalue weighted by Crippen LogP contribution is -2.32. The highest BCUT2D eigenvalue weighted by Gasteiger charge is 2.15. The van der Waals surface area contributed by atoms with Gasteiger partial charge in [-0.3, -0.25) is 9.69 Å². The first kappa shape index (κ1) is 17.4. The predicted octanol–water partition coefficient (Wildman–Crippen LogP) is 2.03. The van der Waals surface area contributed by atoms with E-state index in [1.54, 1.807) is 0 Å². The molecule has 0 heterocycles. The third-order valence-corrected chi connectivity index (χ3v) is 3.25. The normalized spacial score (nSPS) is 11.9. The molecule has 108 valence electrons. The molecule has 0 aliphatic carbocycles. The zero-order chi connectivity index (χ0) is 14.0. The molecule has 0 spiro atoms. The highest BCUT2D eigenvalue weighted by molar-refractivity contribution is 5.71. The maximum atomic E-state index is 11.3. The molecule has 0 radical (unpaired) electrons. The van der Waals surface area contributed by atoms with Gasteiger partial charge in [-0.1, -0.05) is 27.2 Å². The number of nitrogens with two attached hydrogens (primary N) is 1. The van der Waals surface area contributed by atoms with Crippen LogP contribution in [0.25, 0.3) is 0 Å². The lowest BCUT2D eigenvalue weighted by atomic mass is 9.87. The van der Waals surface area contributed by atoms with E-state index in [1.165, 1.54) is 7.11 Å². The van der Waals surface area contributed by atoms with Gasteiger partial charge in [-0.05, 0) is 44.3 Å². The summed E-state index contributed by atoms with van der Waals surface area (Å²) in [7, 11) is 1.44. The van der Waals surface area contributed by atoms with Crippen LogP contribution in [0.2, 0.25) is 0 Å². The number of rotatable bonds is 10. The summed E-state index contributed by atoms with van der Waals surface area (Å²) < 4.78 is 4.71. The molecule has 0 aliphatic rings. The summed E-state index contributed by atoms with van der Waals surface area (Å²) in [4.78, 5) is 13.4. The molecule has 0 saturated heterocycles. The number of hydrogen-bond acceptors (Lipinski definition) is 4. The van der Waals surface area contributed by atoms with E-state index in [2.05, 4.69) is 25.7 Å². The SMILES string of the molecule is CCCN(CCCCC(C)(C)CN)CC(=O)OC. The lowest BCUT2D eigenvalue weighted by molar-refractivity contribution is -0.141. The lowest BCUT2D eigenvalue weighted by Gasteiger charge is -2.24. The molecule has 0 amide bonds. The van der Waals surface area contributed by atoms with Crippen molar-refractivity contribution in [2.45, 2.75) is 46.5 Å². The van der Waals surface area contributed by atoms with Crippen molar-refractivity contribution >= 4 is 5.97 Å². The van der Waals surface area contributed by atoms with Crippen molar-refractivity contribution in [2.24, 2.45) is 11.1 Å². The zero-order valence-corrected chi connectivity index (χ0v) is 12.5. The molecular formula is C14H30N2O2. The molecule has 0 atom stereocenters. The Bertz CT molecular complexity index is 230. The van der Waals surface area contributed by atoms with Crippen LogP contribution >= 0.6 is 0 Å². The maximum absolute atomic E-state index is 11.3. The van der Waals surface area contributed by atoms with Crippen molar-refractivity contribution in [2.75, 3.05) is 33.3 Å². The first-order valence-electron chi connectivity index (χ1n) is 6.94. The third-order valence-electron chi connectivity index (χ3n) is 3.25. The van der Waals surface area contributed by atoms with Crippen LogP contribution < -0.4 is 5.73 Å². The van der Waals surface area contributed by atoms with Gasteiger partial charge in [0.15, 0.2) is 0 Å². The second-order valence-electron chi connectivity index (χ2n) is 5.68. The van der Waals surface area contributed by atoms with Crippen molar-refractivity contribution in [1.82, 2.24) is 4.90 Å². The molecule has 4 nitrogen and oxygen atoms in total. The Morgan fingerprint density at radius 3 is 2.44 bits per heavy atom. The minimum atomic E-state index is -0.147. The van der Waals surface area contributed by atoms with Gasteiger partial charge in [0.25, 0.3) is 0 Å². The Labute approximate surface area is 112 Å². The molecule has 0 aliphatic heterocycles.